The Morgan fingerprint density at radius 2 is 2.06 bits per heavy atom. The van der Waals surface area contributed by atoms with E-state index in [1.165, 1.54) is 6.07 Å². The van der Waals surface area contributed by atoms with Gasteiger partial charge in [-0.3, -0.25) is 5.32 Å². The number of nitrogens with one attached hydrogen (secondary N) is 1. The van der Waals surface area contributed by atoms with E-state index in [9.17, 15) is 9.18 Å². The fourth-order valence-electron chi connectivity index (χ4n) is 1.01. The van der Waals surface area contributed by atoms with E-state index < -0.39 is 17.5 Å². The van der Waals surface area contributed by atoms with Gasteiger partial charge in [0.25, 0.3) is 0 Å². The van der Waals surface area contributed by atoms with E-state index in [-0.39, 0.29) is 5.69 Å². The molecule has 0 radical (unpaired) electrons. The molecule has 0 spiro atoms. The van der Waals surface area contributed by atoms with Crippen LogP contribution in [0, 0.1) is 5.82 Å². The molecule has 0 unspecified atom stereocenters. The van der Waals surface area contributed by atoms with Crippen molar-refractivity contribution in [2.45, 2.75) is 26.4 Å². The van der Waals surface area contributed by atoms with Gasteiger partial charge in [0.05, 0.1) is 10.2 Å². The van der Waals surface area contributed by atoms with Crippen molar-refractivity contribution in [3.05, 3.63) is 28.5 Å². The van der Waals surface area contributed by atoms with Gasteiger partial charge in [0.2, 0.25) is 0 Å². The minimum atomic E-state index is -0.676. The quantitative estimate of drug-likeness (QED) is 0.850. The summed E-state index contributed by atoms with van der Waals surface area (Å²) < 4.78 is 18.8. The lowest BCUT2D eigenvalue weighted by molar-refractivity contribution is 0.0635. The molecule has 16 heavy (non-hydrogen) atoms. The lowest BCUT2D eigenvalue weighted by atomic mass is 10.2. The van der Waals surface area contributed by atoms with E-state index in [1.807, 2.05) is 0 Å². The highest BCUT2D eigenvalue weighted by molar-refractivity contribution is 9.10. The first-order valence-corrected chi connectivity index (χ1v) is 5.53. The third kappa shape index (κ3) is 3.81. The molecule has 88 valence electrons. The van der Waals surface area contributed by atoms with Gasteiger partial charge in [0.1, 0.15) is 5.60 Å². The van der Waals surface area contributed by atoms with Gasteiger partial charge in [-0.1, -0.05) is 6.07 Å². The summed E-state index contributed by atoms with van der Waals surface area (Å²) in [5, 5.41) is 2.34. The van der Waals surface area contributed by atoms with Crippen molar-refractivity contribution in [3.63, 3.8) is 0 Å². The SMILES string of the molecule is CC(C)(C)OC(=O)Nc1cccc(Br)c1F. The Labute approximate surface area is 102 Å². The van der Waals surface area contributed by atoms with Crippen LogP contribution in [-0.2, 0) is 4.74 Å². The lowest BCUT2D eigenvalue weighted by Crippen LogP contribution is -2.27. The maximum atomic E-state index is 13.5. The van der Waals surface area contributed by atoms with E-state index >= 15 is 0 Å². The van der Waals surface area contributed by atoms with Gasteiger partial charge >= 0.3 is 6.09 Å². The zero-order valence-electron chi connectivity index (χ0n) is 9.30. The predicted molar refractivity (Wildman–Crippen MR) is 64.0 cm³/mol. The Kier molecular flexibility index (Phi) is 3.91. The predicted octanol–water partition coefficient (Wildman–Crippen LogP) is 3.94. The minimum Gasteiger partial charge on any atom is -0.444 e. The Balaban J connectivity index is 2.74. The van der Waals surface area contributed by atoms with E-state index in [0.29, 0.717) is 4.47 Å². The van der Waals surface area contributed by atoms with Crippen molar-refractivity contribution in [3.8, 4) is 0 Å². The molecule has 5 heteroatoms. The molecule has 0 fully saturated rings. The molecule has 0 aliphatic carbocycles. The summed E-state index contributed by atoms with van der Waals surface area (Å²) in [7, 11) is 0. The van der Waals surface area contributed by atoms with Gasteiger partial charge < -0.3 is 4.74 Å². The average Bonchev–Trinajstić information content (AvgIpc) is 2.09. The third-order valence-corrected chi connectivity index (χ3v) is 2.20. The molecule has 3 nitrogen and oxygen atoms in total. The summed E-state index contributed by atoms with van der Waals surface area (Å²) >= 11 is 3.03. The second kappa shape index (κ2) is 4.82. The fraction of sp³-hybridized carbons (Fsp3) is 0.364. The lowest BCUT2D eigenvalue weighted by Gasteiger charge is -2.19. The molecule has 0 aromatic heterocycles. The van der Waals surface area contributed by atoms with Gasteiger partial charge in [-0.15, -0.1) is 0 Å². The average molecular weight is 290 g/mol. The van der Waals surface area contributed by atoms with E-state index in [0.717, 1.165) is 0 Å². The van der Waals surface area contributed by atoms with Gasteiger partial charge in [-0.25, -0.2) is 9.18 Å². The van der Waals surface area contributed by atoms with Crippen LogP contribution in [0.1, 0.15) is 20.8 Å². The van der Waals surface area contributed by atoms with Crippen LogP contribution in [-0.4, -0.2) is 11.7 Å². The van der Waals surface area contributed by atoms with E-state index in [4.69, 9.17) is 4.74 Å². The Morgan fingerprint density at radius 1 is 1.44 bits per heavy atom. The number of amides is 1. The summed E-state index contributed by atoms with van der Waals surface area (Å²) in [4.78, 5) is 11.4. The standard InChI is InChI=1S/C11H13BrFNO2/c1-11(2,3)16-10(15)14-8-6-4-5-7(12)9(8)13/h4-6H,1-3H3,(H,14,15). The summed E-state index contributed by atoms with van der Waals surface area (Å²) in [6.07, 6.45) is -0.676. The summed E-state index contributed by atoms with van der Waals surface area (Å²) in [6, 6.07) is 4.64. The highest BCUT2D eigenvalue weighted by atomic mass is 79.9. The first kappa shape index (κ1) is 13.0. The van der Waals surface area contributed by atoms with Gasteiger partial charge in [0, 0.05) is 0 Å². The number of carbonyl (C=O) groups is 1. The summed E-state index contributed by atoms with van der Waals surface area (Å²) in [5.74, 6) is -0.520. The molecule has 1 rings (SSSR count). The molecule has 1 aromatic rings. The van der Waals surface area contributed by atoms with Crippen LogP contribution in [0.4, 0.5) is 14.9 Å². The molecule has 0 aliphatic rings. The zero-order chi connectivity index (χ0) is 12.3. The van der Waals surface area contributed by atoms with Crippen LogP contribution in [0.3, 0.4) is 0 Å². The Morgan fingerprint density at radius 3 is 2.62 bits per heavy atom. The van der Waals surface area contributed by atoms with Gasteiger partial charge in [-0.2, -0.15) is 0 Å². The normalized spacial score (nSPS) is 11.1. The van der Waals surface area contributed by atoms with Crippen LogP contribution in [0.5, 0.6) is 0 Å². The van der Waals surface area contributed by atoms with Crippen molar-refractivity contribution in [2.75, 3.05) is 5.32 Å². The number of benzene rings is 1. The third-order valence-electron chi connectivity index (χ3n) is 1.59. The van der Waals surface area contributed by atoms with Gasteiger partial charge in [-0.05, 0) is 48.8 Å². The second-order valence-corrected chi connectivity index (χ2v) is 5.08. The first-order chi connectivity index (χ1) is 7.29. The van der Waals surface area contributed by atoms with Crippen LogP contribution < -0.4 is 5.32 Å². The number of anilines is 1. The van der Waals surface area contributed by atoms with Crippen molar-refractivity contribution in [1.29, 1.82) is 0 Å². The monoisotopic (exact) mass is 289 g/mol. The number of hydrogen-bond acceptors (Lipinski definition) is 2. The number of rotatable bonds is 1. The number of ether oxygens (including phenoxy) is 1. The zero-order valence-corrected chi connectivity index (χ0v) is 10.9. The fourth-order valence-corrected chi connectivity index (χ4v) is 1.38. The number of halogens is 2. The smallest absolute Gasteiger partial charge is 0.412 e. The van der Waals surface area contributed by atoms with E-state index in [1.54, 1.807) is 32.9 Å². The Hall–Kier alpha value is -1.10. The molecule has 0 heterocycles. The van der Waals surface area contributed by atoms with Crippen molar-refractivity contribution in [1.82, 2.24) is 0 Å². The van der Waals surface area contributed by atoms with Crippen molar-refractivity contribution in [2.24, 2.45) is 0 Å². The molecule has 0 saturated carbocycles. The highest BCUT2D eigenvalue weighted by Crippen LogP contribution is 2.23. The summed E-state index contributed by atoms with van der Waals surface area (Å²) in [6.45, 7) is 5.22. The Bertz CT molecular complexity index is 401. The molecule has 1 amide bonds. The van der Waals surface area contributed by atoms with Crippen molar-refractivity contribution < 1.29 is 13.9 Å². The largest absolute Gasteiger partial charge is 0.444 e. The first-order valence-electron chi connectivity index (χ1n) is 4.73. The highest BCUT2D eigenvalue weighted by Gasteiger charge is 2.17. The van der Waals surface area contributed by atoms with Crippen molar-refractivity contribution >= 4 is 27.7 Å². The molecule has 1 aromatic carbocycles. The topological polar surface area (TPSA) is 38.3 Å². The minimum absolute atomic E-state index is 0.0867. The molecule has 0 bridgehead atoms. The van der Waals surface area contributed by atoms with E-state index in [2.05, 4.69) is 21.2 Å². The van der Waals surface area contributed by atoms with Gasteiger partial charge in [0.15, 0.2) is 5.82 Å². The number of hydrogen-bond donors (Lipinski definition) is 1. The molecule has 0 atom stereocenters. The van der Waals surface area contributed by atoms with Crippen LogP contribution in [0.25, 0.3) is 0 Å². The maximum absolute atomic E-state index is 13.5. The summed E-state index contributed by atoms with van der Waals surface area (Å²) in [5.41, 5.74) is -0.518. The maximum Gasteiger partial charge on any atom is 0.412 e. The van der Waals surface area contributed by atoms with Crippen LogP contribution in [0.2, 0.25) is 0 Å². The molecular formula is C11H13BrFNO2. The molecule has 1 N–H and O–H groups in total. The van der Waals surface area contributed by atoms with Crippen LogP contribution >= 0.6 is 15.9 Å². The molecule has 0 aliphatic heterocycles. The number of carbonyl (C=O) groups excluding carboxylic acids is 1. The molecule has 0 saturated heterocycles. The second-order valence-electron chi connectivity index (χ2n) is 4.23. The molecular weight excluding hydrogens is 277 g/mol. The van der Waals surface area contributed by atoms with Crippen LogP contribution in [0.15, 0.2) is 22.7 Å².